The lowest BCUT2D eigenvalue weighted by Gasteiger charge is -2.38. The van der Waals surface area contributed by atoms with E-state index in [2.05, 4.69) is 272 Å². The summed E-state index contributed by atoms with van der Waals surface area (Å²) in [5, 5.41) is 2.24. The van der Waals surface area contributed by atoms with Gasteiger partial charge in [-0.2, -0.15) is 0 Å². The molecule has 13 rings (SSSR count). The third-order valence-electron chi connectivity index (χ3n) is 14.2. The molecule has 2 heteroatoms. The molecule has 0 unspecified atom stereocenters. The van der Waals surface area contributed by atoms with Crippen LogP contribution in [0.15, 0.2) is 277 Å². The summed E-state index contributed by atoms with van der Waals surface area (Å²) in [5.74, 6) is 0. The average Bonchev–Trinajstić information content (AvgIpc) is 3.77. The van der Waals surface area contributed by atoms with Crippen molar-refractivity contribution in [3.05, 3.63) is 295 Å². The zero-order chi connectivity index (χ0) is 45.7. The van der Waals surface area contributed by atoms with Gasteiger partial charge >= 0.3 is 0 Å². The predicted molar refractivity (Wildman–Crippen MR) is 287 cm³/mol. The molecule has 1 aliphatic rings. The lowest BCUT2D eigenvalue weighted by molar-refractivity contribution is 0.670. The Morgan fingerprint density at radius 3 is 1.28 bits per heavy atom. The van der Waals surface area contributed by atoms with Gasteiger partial charge in [-0.1, -0.05) is 224 Å². The monoisotopic (exact) mass is 879 g/mol. The van der Waals surface area contributed by atoms with Crippen LogP contribution in [0.3, 0.4) is 0 Å². The fraction of sp³-hybridized carbons (Fsp3) is 0.0149. The van der Waals surface area contributed by atoms with Gasteiger partial charge in [0.15, 0.2) is 0 Å². The van der Waals surface area contributed by atoms with Gasteiger partial charge in [-0.25, -0.2) is 0 Å². The molecule has 1 aromatic heterocycles. The third-order valence-corrected chi connectivity index (χ3v) is 14.2. The minimum Gasteiger partial charge on any atom is -0.455 e. The van der Waals surface area contributed by atoms with E-state index in [4.69, 9.17) is 4.42 Å². The van der Waals surface area contributed by atoms with Crippen LogP contribution >= 0.6 is 0 Å². The second kappa shape index (κ2) is 16.7. The number of rotatable bonds is 8. The van der Waals surface area contributed by atoms with E-state index in [9.17, 15) is 0 Å². The number of hydrogen-bond donors (Lipinski definition) is 0. The Labute approximate surface area is 402 Å². The molecule has 1 aliphatic carbocycles. The van der Waals surface area contributed by atoms with Gasteiger partial charge in [-0.3, -0.25) is 0 Å². The van der Waals surface area contributed by atoms with Gasteiger partial charge in [0.05, 0.1) is 5.41 Å². The zero-order valence-electron chi connectivity index (χ0n) is 37.8. The van der Waals surface area contributed by atoms with Crippen molar-refractivity contribution in [2.24, 2.45) is 0 Å². The van der Waals surface area contributed by atoms with Crippen LogP contribution in [0.25, 0.3) is 77.6 Å². The van der Waals surface area contributed by atoms with E-state index in [1.165, 1.54) is 66.8 Å². The van der Waals surface area contributed by atoms with Crippen LogP contribution in [0.2, 0.25) is 0 Å². The molecular weight excluding hydrogens is 835 g/mol. The first-order valence-corrected chi connectivity index (χ1v) is 23.7. The third kappa shape index (κ3) is 6.72. The molecule has 0 saturated heterocycles. The highest BCUT2D eigenvalue weighted by atomic mass is 16.3. The molecule has 0 atom stereocenters. The lowest BCUT2D eigenvalue weighted by Crippen LogP contribution is -2.31. The fourth-order valence-corrected chi connectivity index (χ4v) is 11.0. The molecule has 0 amide bonds. The number of nitrogens with zero attached hydrogens (tertiary/aromatic N) is 1. The Balaban J connectivity index is 1.03. The minimum atomic E-state index is -0.734. The standard InChI is InChI=1S/C67H45NO/c1-3-17-46(18-4-1)48-33-39-53(40-34-48)68(54-41-35-49(36-42-54)47-19-5-2-6-20-47)55-43-37-51(38-44-55)67(63-30-12-9-25-59(63)57-23-7-8-24-58(57)60-26-10-13-31-64(60)67)52-22-15-21-50(45-52)56-28-16-29-62-61-27-11-14-32-65(61)69-66(56)62/h1-45H. The van der Waals surface area contributed by atoms with E-state index in [-0.39, 0.29) is 0 Å². The Morgan fingerprint density at radius 2 is 0.696 bits per heavy atom. The van der Waals surface area contributed by atoms with Crippen molar-refractivity contribution < 1.29 is 4.42 Å². The Kier molecular flexibility index (Phi) is 9.77. The summed E-state index contributed by atoms with van der Waals surface area (Å²) in [6, 6.07) is 99.5. The summed E-state index contributed by atoms with van der Waals surface area (Å²) in [7, 11) is 0. The number of anilines is 3. The molecule has 0 bridgehead atoms. The summed E-state index contributed by atoms with van der Waals surface area (Å²) in [5.41, 5.74) is 20.9. The summed E-state index contributed by atoms with van der Waals surface area (Å²) >= 11 is 0. The Hall–Kier alpha value is -8.98. The van der Waals surface area contributed by atoms with Gasteiger partial charge < -0.3 is 9.32 Å². The van der Waals surface area contributed by atoms with Crippen LogP contribution in [-0.2, 0) is 5.41 Å². The molecule has 12 aromatic rings. The lowest BCUT2D eigenvalue weighted by atomic mass is 9.63. The molecule has 69 heavy (non-hydrogen) atoms. The van der Waals surface area contributed by atoms with Crippen molar-refractivity contribution in [2.45, 2.75) is 5.41 Å². The van der Waals surface area contributed by atoms with Gasteiger partial charge in [0.25, 0.3) is 0 Å². The largest absolute Gasteiger partial charge is 0.455 e. The molecule has 324 valence electrons. The fourth-order valence-electron chi connectivity index (χ4n) is 11.0. The number of hydrogen-bond acceptors (Lipinski definition) is 2. The first-order chi connectivity index (χ1) is 34.2. The first-order valence-electron chi connectivity index (χ1n) is 23.7. The maximum Gasteiger partial charge on any atom is 0.143 e. The number of benzene rings is 11. The Bertz CT molecular complexity index is 3660. The van der Waals surface area contributed by atoms with E-state index in [1.807, 2.05) is 6.07 Å². The highest BCUT2D eigenvalue weighted by Gasteiger charge is 2.44. The van der Waals surface area contributed by atoms with Crippen molar-refractivity contribution >= 4 is 39.0 Å². The highest BCUT2D eigenvalue weighted by molar-refractivity contribution is 6.09. The normalized spacial score (nSPS) is 12.5. The summed E-state index contributed by atoms with van der Waals surface area (Å²) in [6.45, 7) is 0. The maximum atomic E-state index is 6.67. The first kappa shape index (κ1) is 40.3. The van der Waals surface area contributed by atoms with E-state index in [0.717, 1.165) is 50.1 Å². The summed E-state index contributed by atoms with van der Waals surface area (Å²) in [4.78, 5) is 2.37. The minimum absolute atomic E-state index is 0.734. The van der Waals surface area contributed by atoms with Crippen LogP contribution in [-0.4, -0.2) is 0 Å². The quantitative estimate of drug-likeness (QED) is 0.151. The number of furan rings is 1. The van der Waals surface area contributed by atoms with E-state index >= 15 is 0 Å². The molecule has 1 heterocycles. The van der Waals surface area contributed by atoms with Crippen molar-refractivity contribution in [3.63, 3.8) is 0 Å². The zero-order valence-corrected chi connectivity index (χ0v) is 37.8. The number of para-hydroxylation sites is 2. The van der Waals surface area contributed by atoms with Crippen LogP contribution < -0.4 is 4.90 Å². The van der Waals surface area contributed by atoms with Gasteiger partial charge in [-0.05, 0) is 121 Å². The van der Waals surface area contributed by atoms with Crippen molar-refractivity contribution in [1.82, 2.24) is 0 Å². The van der Waals surface area contributed by atoms with Gasteiger partial charge in [0.2, 0.25) is 0 Å². The molecule has 0 fully saturated rings. The van der Waals surface area contributed by atoms with E-state index in [1.54, 1.807) is 0 Å². The highest BCUT2D eigenvalue weighted by Crippen LogP contribution is 2.56. The smallest absolute Gasteiger partial charge is 0.143 e. The molecule has 0 N–H and O–H groups in total. The van der Waals surface area contributed by atoms with Crippen molar-refractivity contribution in [1.29, 1.82) is 0 Å². The van der Waals surface area contributed by atoms with E-state index < -0.39 is 5.41 Å². The molecular formula is C67H45NO. The van der Waals surface area contributed by atoms with Crippen LogP contribution in [0.4, 0.5) is 17.1 Å². The topological polar surface area (TPSA) is 16.4 Å². The average molecular weight is 880 g/mol. The molecule has 0 aliphatic heterocycles. The molecule has 2 nitrogen and oxygen atoms in total. The van der Waals surface area contributed by atoms with E-state index in [0.29, 0.717) is 0 Å². The second-order valence-electron chi connectivity index (χ2n) is 18.0. The second-order valence-corrected chi connectivity index (χ2v) is 18.0. The Morgan fingerprint density at radius 1 is 0.275 bits per heavy atom. The van der Waals surface area contributed by atoms with Crippen LogP contribution in [0.5, 0.6) is 0 Å². The van der Waals surface area contributed by atoms with Gasteiger partial charge in [-0.15, -0.1) is 0 Å². The van der Waals surface area contributed by atoms with Crippen LogP contribution in [0.1, 0.15) is 22.3 Å². The van der Waals surface area contributed by atoms with Crippen LogP contribution in [0, 0.1) is 0 Å². The van der Waals surface area contributed by atoms with Crippen molar-refractivity contribution in [3.8, 4) is 55.6 Å². The molecule has 0 spiro atoms. The van der Waals surface area contributed by atoms with Gasteiger partial charge in [0, 0.05) is 33.4 Å². The SMILES string of the molecule is c1ccc(-c2ccc(N(c3ccc(-c4ccccc4)cc3)c3ccc(C4(c5cccc(-c6cccc7c6oc6ccccc67)c5)c5ccccc5-c5ccccc5-c5ccccc54)cc3)cc2)cc1. The predicted octanol–water partition coefficient (Wildman–Crippen LogP) is 18.1. The van der Waals surface area contributed by atoms with Crippen molar-refractivity contribution in [2.75, 3.05) is 4.90 Å². The molecule has 0 radical (unpaired) electrons. The summed E-state index contributed by atoms with van der Waals surface area (Å²) in [6.07, 6.45) is 0. The number of fused-ring (bicyclic) bond motifs is 8. The summed E-state index contributed by atoms with van der Waals surface area (Å²) < 4.78 is 6.67. The van der Waals surface area contributed by atoms with Gasteiger partial charge in [0.1, 0.15) is 11.2 Å². The molecule has 0 saturated carbocycles. The molecule has 11 aromatic carbocycles. The maximum absolute atomic E-state index is 6.67.